The van der Waals surface area contributed by atoms with Crippen LogP contribution in [0.4, 0.5) is 0 Å². The third kappa shape index (κ3) is 1.50. The van der Waals surface area contributed by atoms with E-state index in [1.807, 2.05) is 13.0 Å². The first kappa shape index (κ1) is 9.15. The molecule has 1 aromatic carbocycles. The van der Waals surface area contributed by atoms with Crippen molar-refractivity contribution in [1.82, 2.24) is 0 Å². The van der Waals surface area contributed by atoms with Gasteiger partial charge in [-0.3, -0.25) is 4.79 Å². The van der Waals surface area contributed by atoms with Crippen molar-refractivity contribution in [2.75, 3.05) is 0 Å². The van der Waals surface area contributed by atoms with Gasteiger partial charge >= 0.3 is 0 Å². The Morgan fingerprint density at radius 1 is 1.46 bits per heavy atom. The summed E-state index contributed by atoms with van der Waals surface area (Å²) in [4.78, 5) is 10.7. The summed E-state index contributed by atoms with van der Waals surface area (Å²) < 4.78 is 2.45. The monoisotopic (exact) mass is 302 g/mol. The number of fused-ring (bicyclic) bond motifs is 1. The average Bonchev–Trinajstić information content (AvgIpc) is 2.47. The predicted molar refractivity (Wildman–Crippen MR) is 64.7 cm³/mol. The first-order valence-electron chi connectivity index (χ1n) is 3.85. The van der Waals surface area contributed by atoms with E-state index < -0.39 is 0 Å². The van der Waals surface area contributed by atoms with Crippen LogP contribution in [-0.4, -0.2) is 6.29 Å². The Morgan fingerprint density at radius 3 is 2.92 bits per heavy atom. The highest BCUT2D eigenvalue weighted by molar-refractivity contribution is 14.1. The van der Waals surface area contributed by atoms with Crippen LogP contribution < -0.4 is 0 Å². The van der Waals surface area contributed by atoms with Gasteiger partial charge in [0, 0.05) is 24.6 Å². The van der Waals surface area contributed by atoms with Crippen LogP contribution >= 0.6 is 33.9 Å². The molecule has 0 saturated carbocycles. The van der Waals surface area contributed by atoms with Crippen LogP contribution in [0.15, 0.2) is 17.5 Å². The number of carbonyl (C=O) groups is 1. The molecule has 0 N–H and O–H groups in total. The number of aryl methyl sites for hydroxylation is 1. The van der Waals surface area contributed by atoms with Gasteiger partial charge in [-0.05, 0) is 47.2 Å². The number of hydrogen-bond acceptors (Lipinski definition) is 2. The number of benzene rings is 1. The Hall–Kier alpha value is -0.420. The number of hydrogen-bond donors (Lipinski definition) is 0. The number of rotatable bonds is 1. The highest BCUT2D eigenvalue weighted by Crippen LogP contribution is 2.29. The summed E-state index contributed by atoms with van der Waals surface area (Å²) in [6, 6.07) is 4.04. The van der Waals surface area contributed by atoms with E-state index in [0.717, 1.165) is 17.4 Å². The van der Waals surface area contributed by atoms with Crippen LogP contribution in [0.3, 0.4) is 0 Å². The van der Waals surface area contributed by atoms with Gasteiger partial charge in [0.2, 0.25) is 0 Å². The number of carbonyl (C=O) groups excluding carboxylic acids is 1. The van der Waals surface area contributed by atoms with E-state index in [0.29, 0.717) is 0 Å². The van der Waals surface area contributed by atoms with Gasteiger partial charge in [-0.2, -0.15) is 0 Å². The standard InChI is InChI=1S/C10H7IOS/c1-6-2-8-9(11)5-13-10(8)3-7(6)4-12/h2-5H,1H3. The molecule has 0 aliphatic heterocycles. The van der Waals surface area contributed by atoms with Gasteiger partial charge in [-0.15, -0.1) is 11.3 Å². The summed E-state index contributed by atoms with van der Waals surface area (Å²) in [6.45, 7) is 1.97. The maximum absolute atomic E-state index is 10.7. The van der Waals surface area contributed by atoms with Crippen molar-refractivity contribution in [3.63, 3.8) is 0 Å². The highest BCUT2D eigenvalue weighted by Gasteiger charge is 2.04. The second kappa shape index (κ2) is 3.38. The molecule has 66 valence electrons. The molecule has 0 atom stereocenters. The third-order valence-electron chi connectivity index (χ3n) is 2.04. The smallest absolute Gasteiger partial charge is 0.150 e. The van der Waals surface area contributed by atoms with E-state index in [1.54, 1.807) is 11.3 Å². The van der Waals surface area contributed by atoms with Crippen molar-refractivity contribution in [2.45, 2.75) is 6.92 Å². The van der Waals surface area contributed by atoms with Gasteiger partial charge < -0.3 is 0 Å². The van der Waals surface area contributed by atoms with E-state index in [1.165, 1.54) is 13.7 Å². The van der Waals surface area contributed by atoms with Gasteiger partial charge in [-0.25, -0.2) is 0 Å². The molecule has 0 amide bonds. The lowest BCUT2D eigenvalue weighted by Crippen LogP contribution is -1.84. The van der Waals surface area contributed by atoms with E-state index in [2.05, 4.69) is 34.0 Å². The summed E-state index contributed by atoms with van der Waals surface area (Å²) in [6.07, 6.45) is 0.918. The molecule has 2 rings (SSSR count). The molecule has 1 aromatic heterocycles. The molecule has 0 radical (unpaired) electrons. The van der Waals surface area contributed by atoms with Crippen LogP contribution in [0.25, 0.3) is 10.1 Å². The molecule has 0 aliphatic carbocycles. The Kier molecular flexibility index (Phi) is 2.38. The molecular formula is C10H7IOS. The van der Waals surface area contributed by atoms with Crippen LogP contribution in [-0.2, 0) is 0 Å². The summed E-state index contributed by atoms with van der Waals surface area (Å²) in [5.74, 6) is 0. The van der Waals surface area contributed by atoms with Crippen molar-refractivity contribution in [1.29, 1.82) is 0 Å². The molecule has 0 saturated heterocycles. The quantitative estimate of drug-likeness (QED) is 0.581. The molecule has 0 unspecified atom stereocenters. The first-order chi connectivity index (χ1) is 6.22. The van der Waals surface area contributed by atoms with E-state index in [9.17, 15) is 4.79 Å². The number of halogens is 1. The SMILES string of the molecule is Cc1cc2c(I)csc2cc1C=O. The lowest BCUT2D eigenvalue weighted by atomic mass is 10.1. The Bertz CT molecular complexity index is 473. The third-order valence-corrected chi connectivity index (χ3v) is 4.30. The van der Waals surface area contributed by atoms with Crippen LogP contribution in [0.2, 0.25) is 0 Å². The zero-order valence-electron chi connectivity index (χ0n) is 7.00. The fourth-order valence-corrected chi connectivity index (χ4v) is 3.15. The summed E-state index contributed by atoms with van der Waals surface area (Å²) in [5, 5.41) is 3.37. The number of thiophene rings is 1. The molecule has 13 heavy (non-hydrogen) atoms. The van der Waals surface area contributed by atoms with Crippen LogP contribution in [0.5, 0.6) is 0 Å². The number of aldehydes is 1. The van der Waals surface area contributed by atoms with Crippen molar-refractivity contribution >= 4 is 50.3 Å². The fraction of sp³-hybridized carbons (Fsp3) is 0.100. The van der Waals surface area contributed by atoms with E-state index >= 15 is 0 Å². The maximum atomic E-state index is 10.7. The normalized spacial score (nSPS) is 10.6. The van der Waals surface area contributed by atoms with Crippen LogP contribution in [0.1, 0.15) is 15.9 Å². The minimum absolute atomic E-state index is 0.797. The molecule has 1 heterocycles. The van der Waals surface area contributed by atoms with E-state index in [4.69, 9.17) is 0 Å². The van der Waals surface area contributed by atoms with Gasteiger partial charge in [0.25, 0.3) is 0 Å². The van der Waals surface area contributed by atoms with Crippen molar-refractivity contribution < 1.29 is 4.79 Å². The van der Waals surface area contributed by atoms with Gasteiger partial charge in [-0.1, -0.05) is 0 Å². The average molecular weight is 302 g/mol. The first-order valence-corrected chi connectivity index (χ1v) is 5.80. The zero-order chi connectivity index (χ0) is 9.42. The molecule has 3 heteroatoms. The highest BCUT2D eigenvalue weighted by atomic mass is 127. The van der Waals surface area contributed by atoms with Crippen LogP contribution in [0, 0.1) is 10.5 Å². The maximum Gasteiger partial charge on any atom is 0.150 e. The molecule has 1 nitrogen and oxygen atoms in total. The largest absolute Gasteiger partial charge is 0.298 e. The van der Waals surface area contributed by atoms with Gasteiger partial charge in [0.1, 0.15) is 6.29 Å². The summed E-state index contributed by atoms with van der Waals surface area (Å²) in [7, 11) is 0. The molecule has 0 bridgehead atoms. The minimum Gasteiger partial charge on any atom is -0.298 e. The summed E-state index contributed by atoms with van der Waals surface area (Å²) >= 11 is 4.00. The van der Waals surface area contributed by atoms with E-state index in [-0.39, 0.29) is 0 Å². The lowest BCUT2D eigenvalue weighted by molar-refractivity contribution is 0.112. The topological polar surface area (TPSA) is 17.1 Å². The van der Waals surface area contributed by atoms with Crippen molar-refractivity contribution in [3.8, 4) is 0 Å². The van der Waals surface area contributed by atoms with Gasteiger partial charge in [0.15, 0.2) is 0 Å². The minimum atomic E-state index is 0.797. The summed E-state index contributed by atoms with van der Waals surface area (Å²) in [5.41, 5.74) is 1.85. The molecule has 0 fully saturated rings. The Balaban J connectivity index is 2.83. The van der Waals surface area contributed by atoms with Crippen molar-refractivity contribution in [3.05, 3.63) is 32.2 Å². The molecule has 0 aliphatic rings. The lowest BCUT2D eigenvalue weighted by Gasteiger charge is -1.98. The molecule has 0 spiro atoms. The zero-order valence-corrected chi connectivity index (χ0v) is 9.98. The Labute approximate surface area is 93.9 Å². The molecular weight excluding hydrogens is 295 g/mol. The Morgan fingerprint density at radius 2 is 2.23 bits per heavy atom. The second-order valence-electron chi connectivity index (χ2n) is 2.91. The second-order valence-corrected chi connectivity index (χ2v) is 4.98. The predicted octanol–water partition coefficient (Wildman–Crippen LogP) is 3.63. The molecule has 2 aromatic rings. The fourth-order valence-electron chi connectivity index (χ4n) is 1.29. The van der Waals surface area contributed by atoms with Gasteiger partial charge in [0.05, 0.1) is 0 Å². The van der Waals surface area contributed by atoms with Crippen molar-refractivity contribution in [2.24, 2.45) is 0 Å².